The molecule has 7 heteroatoms. The van der Waals surface area contributed by atoms with Gasteiger partial charge in [-0.05, 0) is 37.1 Å². The van der Waals surface area contributed by atoms with Crippen molar-refractivity contribution in [3.05, 3.63) is 59.5 Å². The standard InChI is InChI=1S/C18H24N4O2.HI/c1-3-19-18(22-13-15-8-5-4-7-14(15)2)21-11-10-20-17(23)16-9-6-12-24-16;/h4-9,12H,3,10-11,13H2,1-2H3,(H,20,23)(H2,19,21,22);1H. The van der Waals surface area contributed by atoms with Gasteiger partial charge >= 0.3 is 0 Å². The van der Waals surface area contributed by atoms with E-state index in [-0.39, 0.29) is 29.9 Å². The fraction of sp³-hybridized carbons (Fsp3) is 0.333. The van der Waals surface area contributed by atoms with Crippen LogP contribution in [0.25, 0.3) is 0 Å². The van der Waals surface area contributed by atoms with Crippen molar-refractivity contribution in [1.29, 1.82) is 0 Å². The Labute approximate surface area is 165 Å². The summed E-state index contributed by atoms with van der Waals surface area (Å²) in [5.41, 5.74) is 2.42. The Kier molecular flexibility index (Phi) is 9.68. The van der Waals surface area contributed by atoms with Gasteiger partial charge < -0.3 is 20.4 Å². The maximum Gasteiger partial charge on any atom is 0.287 e. The van der Waals surface area contributed by atoms with Gasteiger partial charge in [-0.3, -0.25) is 4.79 Å². The minimum absolute atomic E-state index is 0. The minimum atomic E-state index is -0.219. The molecule has 1 heterocycles. The Balaban J connectivity index is 0.00000312. The number of amides is 1. The summed E-state index contributed by atoms with van der Waals surface area (Å²) in [5.74, 6) is 0.826. The fourth-order valence-electron chi connectivity index (χ4n) is 2.15. The summed E-state index contributed by atoms with van der Waals surface area (Å²) < 4.78 is 5.04. The van der Waals surface area contributed by atoms with Gasteiger partial charge in [0.2, 0.25) is 0 Å². The molecule has 6 nitrogen and oxygen atoms in total. The van der Waals surface area contributed by atoms with Crippen LogP contribution in [0.4, 0.5) is 0 Å². The molecular formula is C18H25IN4O2. The van der Waals surface area contributed by atoms with Gasteiger partial charge in [0, 0.05) is 19.6 Å². The predicted molar refractivity (Wildman–Crippen MR) is 110 cm³/mol. The van der Waals surface area contributed by atoms with E-state index >= 15 is 0 Å². The van der Waals surface area contributed by atoms with Gasteiger partial charge in [-0.15, -0.1) is 24.0 Å². The summed E-state index contributed by atoms with van der Waals surface area (Å²) in [6.45, 7) is 6.54. The van der Waals surface area contributed by atoms with E-state index in [1.807, 2.05) is 19.1 Å². The van der Waals surface area contributed by atoms with Crippen LogP contribution in [-0.2, 0) is 6.54 Å². The first kappa shape index (κ1) is 21.0. The number of nitrogens with one attached hydrogen (secondary N) is 3. The van der Waals surface area contributed by atoms with E-state index in [4.69, 9.17) is 4.42 Å². The third-order valence-electron chi connectivity index (χ3n) is 3.46. The van der Waals surface area contributed by atoms with Gasteiger partial charge in [0.15, 0.2) is 11.7 Å². The predicted octanol–water partition coefficient (Wildman–Crippen LogP) is 2.69. The summed E-state index contributed by atoms with van der Waals surface area (Å²) in [6.07, 6.45) is 1.48. The Hall–Kier alpha value is -2.03. The van der Waals surface area contributed by atoms with E-state index in [0.29, 0.717) is 25.4 Å². The van der Waals surface area contributed by atoms with E-state index < -0.39 is 0 Å². The number of carbonyl (C=O) groups excluding carboxylic acids is 1. The van der Waals surface area contributed by atoms with Crippen LogP contribution in [0.15, 0.2) is 52.1 Å². The number of guanidine groups is 1. The lowest BCUT2D eigenvalue weighted by Gasteiger charge is -2.12. The summed E-state index contributed by atoms with van der Waals surface area (Å²) in [7, 11) is 0. The minimum Gasteiger partial charge on any atom is -0.459 e. The van der Waals surface area contributed by atoms with E-state index in [9.17, 15) is 4.79 Å². The number of hydrogen-bond donors (Lipinski definition) is 3. The van der Waals surface area contributed by atoms with E-state index in [2.05, 4.69) is 40.0 Å². The smallest absolute Gasteiger partial charge is 0.287 e. The van der Waals surface area contributed by atoms with Crippen molar-refractivity contribution in [2.45, 2.75) is 20.4 Å². The van der Waals surface area contributed by atoms with E-state index in [1.54, 1.807) is 12.1 Å². The van der Waals surface area contributed by atoms with Gasteiger partial charge in [0.05, 0.1) is 12.8 Å². The van der Waals surface area contributed by atoms with Crippen LogP contribution in [0.1, 0.15) is 28.6 Å². The molecule has 0 spiro atoms. The Morgan fingerprint density at radius 2 is 1.84 bits per heavy atom. The third-order valence-corrected chi connectivity index (χ3v) is 3.46. The van der Waals surface area contributed by atoms with E-state index in [1.165, 1.54) is 17.4 Å². The van der Waals surface area contributed by atoms with Gasteiger partial charge in [-0.1, -0.05) is 24.3 Å². The number of rotatable bonds is 7. The highest BCUT2D eigenvalue weighted by Crippen LogP contribution is 2.07. The molecule has 0 atom stereocenters. The number of carbonyl (C=O) groups is 1. The van der Waals surface area contributed by atoms with Gasteiger partial charge in [-0.25, -0.2) is 4.99 Å². The average Bonchev–Trinajstić information content (AvgIpc) is 3.12. The molecule has 1 aromatic carbocycles. The molecule has 1 amide bonds. The van der Waals surface area contributed by atoms with Gasteiger partial charge in [-0.2, -0.15) is 0 Å². The Morgan fingerprint density at radius 1 is 1.08 bits per heavy atom. The molecule has 2 aromatic rings. The van der Waals surface area contributed by atoms with Crippen LogP contribution in [0, 0.1) is 6.92 Å². The van der Waals surface area contributed by atoms with Crippen molar-refractivity contribution >= 4 is 35.8 Å². The molecule has 1 aromatic heterocycles. The third kappa shape index (κ3) is 7.16. The second-order valence-corrected chi connectivity index (χ2v) is 5.28. The van der Waals surface area contributed by atoms with Crippen molar-refractivity contribution < 1.29 is 9.21 Å². The largest absolute Gasteiger partial charge is 0.459 e. The number of aryl methyl sites for hydroxylation is 1. The molecule has 25 heavy (non-hydrogen) atoms. The quantitative estimate of drug-likeness (QED) is 0.259. The number of halogens is 1. The SMILES string of the molecule is CCNC(=NCc1ccccc1C)NCCNC(=O)c1ccco1.I. The van der Waals surface area contributed by atoms with Crippen LogP contribution in [0.2, 0.25) is 0 Å². The molecular weight excluding hydrogens is 431 g/mol. The number of aliphatic imine (C=N–C) groups is 1. The number of nitrogens with zero attached hydrogens (tertiary/aromatic N) is 1. The summed E-state index contributed by atoms with van der Waals surface area (Å²) >= 11 is 0. The highest BCUT2D eigenvalue weighted by atomic mass is 127. The fourth-order valence-corrected chi connectivity index (χ4v) is 2.15. The number of benzene rings is 1. The first-order valence-electron chi connectivity index (χ1n) is 8.09. The lowest BCUT2D eigenvalue weighted by atomic mass is 10.1. The lowest BCUT2D eigenvalue weighted by Crippen LogP contribution is -2.41. The van der Waals surface area contributed by atoms with E-state index in [0.717, 1.165) is 12.5 Å². The normalized spacial score (nSPS) is 10.7. The second kappa shape index (κ2) is 11.5. The highest BCUT2D eigenvalue weighted by molar-refractivity contribution is 14.0. The van der Waals surface area contributed by atoms with Crippen LogP contribution < -0.4 is 16.0 Å². The molecule has 0 aliphatic carbocycles. The molecule has 0 aliphatic heterocycles. The van der Waals surface area contributed by atoms with Gasteiger partial charge in [0.25, 0.3) is 5.91 Å². The first-order chi connectivity index (χ1) is 11.7. The average molecular weight is 456 g/mol. The molecule has 0 bridgehead atoms. The molecule has 136 valence electrons. The monoisotopic (exact) mass is 456 g/mol. The molecule has 0 saturated carbocycles. The highest BCUT2D eigenvalue weighted by Gasteiger charge is 2.06. The molecule has 3 N–H and O–H groups in total. The maximum atomic E-state index is 11.7. The first-order valence-corrected chi connectivity index (χ1v) is 8.09. The summed E-state index contributed by atoms with van der Waals surface area (Å²) in [6, 6.07) is 11.5. The lowest BCUT2D eigenvalue weighted by molar-refractivity contribution is 0.0926. The second-order valence-electron chi connectivity index (χ2n) is 5.28. The topological polar surface area (TPSA) is 78.7 Å². The zero-order chi connectivity index (χ0) is 17.2. The molecule has 0 unspecified atom stereocenters. The van der Waals surface area contributed by atoms with Crippen molar-refractivity contribution in [2.75, 3.05) is 19.6 Å². The van der Waals surface area contributed by atoms with Crippen LogP contribution in [-0.4, -0.2) is 31.5 Å². The summed E-state index contributed by atoms with van der Waals surface area (Å²) in [4.78, 5) is 16.3. The molecule has 0 aliphatic rings. The zero-order valence-corrected chi connectivity index (χ0v) is 16.9. The van der Waals surface area contributed by atoms with Gasteiger partial charge in [0.1, 0.15) is 0 Å². The summed E-state index contributed by atoms with van der Waals surface area (Å²) in [5, 5.41) is 9.19. The van der Waals surface area contributed by atoms with Crippen LogP contribution in [0.5, 0.6) is 0 Å². The molecule has 2 rings (SSSR count). The van der Waals surface area contributed by atoms with Crippen LogP contribution in [0.3, 0.4) is 0 Å². The van der Waals surface area contributed by atoms with Crippen molar-refractivity contribution in [3.8, 4) is 0 Å². The Morgan fingerprint density at radius 3 is 2.52 bits per heavy atom. The van der Waals surface area contributed by atoms with Crippen LogP contribution >= 0.6 is 24.0 Å². The number of furan rings is 1. The molecule has 0 fully saturated rings. The molecule has 0 saturated heterocycles. The van der Waals surface area contributed by atoms with Crippen molar-refractivity contribution in [1.82, 2.24) is 16.0 Å². The Bertz CT molecular complexity index is 671. The zero-order valence-electron chi connectivity index (χ0n) is 14.5. The molecule has 0 radical (unpaired) electrons. The number of hydrogen-bond acceptors (Lipinski definition) is 3. The van der Waals surface area contributed by atoms with Crippen molar-refractivity contribution in [2.24, 2.45) is 4.99 Å². The van der Waals surface area contributed by atoms with Crippen molar-refractivity contribution in [3.63, 3.8) is 0 Å². The maximum absolute atomic E-state index is 11.7.